The predicted octanol–water partition coefficient (Wildman–Crippen LogP) is 1.53. The SMILES string of the molecule is O=C(O)N1CCN(c2cc(=O)nc3sc(-c4cccc([N+](=O)[O-])c4)nn23)CC1. The Morgan fingerprint density at radius 1 is 1.21 bits per heavy atom. The van der Waals surface area contributed by atoms with Gasteiger partial charge in [0.05, 0.1) is 4.92 Å². The highest BCUT2D eigenvalue weighted by atomic mass is 32.1. The summed E-state index contributed by atoms with van der Waals surface area (Å²) in [6.45, 7) is 1.47. The molecule has 0 atom stereocenters. The Morgan fingerprint density at radius 3 is 2.64 bits per heavy atom. The summed E-state index contributed by atoms with van der Waals surface area (Å²) in [5.41, 5.74) is 0.0768. The summed E-state index contributed by atoms with van der Waals surface area (Å²) in [4.78, 5) is 41.2. The Balaban J connectivity index is 1.73. The highest BCUT2D eigenvalue weighted by Gasteiger charge is 2.23. The molecule has 3 aromatic rings. The second-order valence-electron chi connectivity index (χ2n) is 6.12. The molecule has 0 aliphatic carbocycles. The van der Waals surface area contributed by atoms with E-state index in [9.17, 15) is 19.7 Å². The van der Waals surface area contributed by atoms with Gasteiger partial charge in [-0.15, -0.1) is 0 Å². The van der Waals surface area contributed by atoms with Crippen LogP contribution in [0.15, 0.2) is 35.1 Å². The molecule has 12 heteroatoms. The molecule has 1 N–H and O–H groups in total. The van der Waals surface area contributed by atoms with Gasteiger partial charge in [0.25, 0.3) is 11.2 Å². The van der Waals surface area contributed by atoms with Crippen molar-refractivity contribution in [2.75, 3.05) is 31.1 Å². The number of amides is 1. The van der Waals surface area contributed by atoms with Crippen molar-refractivity contribution in [3.8, 4) is 10.6 Å². The van der Waals surface area contributed by atoms with E-state index in [4.69, 9.17) is 5.11 Å². The molecule has 0 radical (unpaired) electrons. The quantitative estimate of drug-likeness (QED) is 0.515. The van der Waals surface area contributed by atoms with Gasteiger partial charge in [-0.3, -0.25) is 14.9 Å². The van der Waals surface area contributed by atoms with Crippen molar-refractivity contribution in [2.24, 2.45) is 0 Å². The number of nitro groups is 1. The second kappa shape index (κ2) is 6.88. The van der Waals surface area contributed by atoms with Gasteiger partial charge in [0.15, 0.2) is 0 Å². The Hall–Kier alpha value is -3.54. The lowest BCUT2D eigenvalue weighted by atomic mass is 10.2. The molecule has 3 heterocycles. The molecular formula is C16H14N6O5S. The van der Waals surface area contributed by atoms with E-state index in [1.807, 2.05) is 4.90 Å². The molecule has 1 aliphatic rings. The molecule has 1 aromatic carbocycles. The van der Waals surface area contributed by atoms with Crippen LogP contribution in [0.5, 0.6) is 0 Å². The van der Waals surface area contributed by atoms with Gasteiger partial charge in [0.1, 0.15) is 10.8 Å². The zero-order valence-corrected chi connectivity index (χ0v) is 15.2. The van der Waals surface area contributed by atoms with E-state index in [0.29, 0.717) is 47.5 Å². The van der Waals surface area contributed by atoms with Gasteiger partial charge in [-0.05, 0) is 0 Å². The van der Waals surface area contributed by atoms with Gasteiger partial charge in [-0.1, -0.05) is 23.5 Å². The third kappa shape index (κ3) is 3.24. The number of hydrogen-bond acceptors (Lipinski definition) is 8. The van der Waals surface area contributed by atoms with Crippen molar-refractivity contribution in [1.29, 1.82) is 0 Å². The Labute approximate surface area is 161 Å². The maximum absolute atomic E-state index is 12.0. The topological polar surface area (TPSA) is 134 Å². The van der Waals surface area contributed by atoms with Crippen LogP contribution in [-0.2, 0) is 0 Å². The van der Waals surface area contributed by atoms with Gasteiger partial charge >= 0.3 is 6.09 Å². The maximum Gasteiger partial charge on any atom is 0.407 e. The molecule has 0 spiro atoms. The number of carboxylic acid groups (broad SMARTS) is 1. The first-order chi connectivity index (χ1) is 13.4. The first-order valence-electron chi connectivity index (χ1n) is 8.31. The van der Waals surface area contributed by atoms with Crippen molar-refractivity contribution in [1.82, 2.24) is 19.5 Å². The summed E-state index contributed by atoms with van der Waals surface area (Å²) in [5.74, 6) is 0.521. The van der Waals surface area contributed by atoms with Crippen LogP contribution in [-0.4, -0.2) is 61.8 Å². The number of nitro benzene ring substituents is 1. The largest absolute Gasteiger partial charge is 0.465 e. The molecule has 0 unspecified atom stereocenters. The van der Waals surface area contributed by atoms with Gasteiger partial charge in [0.2, 0.25) is 4.96 Å². The fourth-order valence-electron chi connectivity index (χ4n) is 3.02. The fourth-order valence-corrected chi connectivity index (χ4v) is 3.92. The predicted molar refractivity (Wildman–Crippen MR) is 101 cm³/mol. The van der Waals surface area contributed by atoms with Crippen molar-refractivity contribution in [2.45, 2.75) is 0 Å². The molecular weight excluding hydrogens is 388 g/mol. The minimum Gasteiger partial charge on any atom is -0.465 e. The van der Waals surface area contributed by atoms with Crippen molar-refractivity contribution in [3.63, 3.8) is 0 Å². The summed E-state index contributed by atoms with van der Waals surface area (Å²) in [6.07, 6.45) is -0.974. The molecule has 4 rings (SSSR count). The molecule has 28 heavy (non-hydrogen) atoms. The highest BCUT2D eigenvalue weighted by Crippen LogP contribution is 2.29. The van der Waals surface area contributed by atoms with E-state index in [1.165, 1.54) is 27.6 Å². The van der Waals surface area contributed by atoms with E-state index >= 15 is 0 Å². The van der Waals surface area contributed by atoms with Gasteiger partial charge < -0.3 is 14.9 Å². The van der Waals surface area contributed by atoms with Crippen LogP contribution in [0.3, 0.4) is 0 Å². The van der Waals surface area contributed by atoms with Crippen LogP contribution < -0.4 is 10.5 Å². The zero-order chi connectivity index (χ0) is 19.8. The fraction of sp³-hybridized carbons (Fsp3) is 0.250. The van der Waals surface area contributed by atoms with Crippen LogP contribution in [0, 0.1) is 10.1 Å². The molecule has 144 valence electrons. The summed E-state index contributed by atoms with van der Waals surface area (Å²) in [7, 11) is 0. The van der Waals surface area contributed by atoms with Crippen molar-refractivity contribution in [3.05, 3.63) is 50.8 Å². The first-order valence-corrected chi connectivity index (χ1v) is 9.12. The monoisotopic (exact) mass is 402 g/mol. The van der Waals surface area contributed by atoms with Gasteiger partial charge in [-0.25, -0.2) is 4.79 Å². The number of carbonyl (C=O) groups is 1. The van der Waals surface area contributed by atoms with Crippen molar-refractivity contribution >= 4 is 33.9 Å². The molecule has 2 aromatic heterocycles. The summed E-state index contributed by atoms with van der Waals surface area (Å²) < 4.78 is 1.52. The number of hydrogen-bond donors (Lipinski definition) is 1. The molecule has 0 saturated carbocycles. The summed E-state index contributed by atoms with van der Waals surface area (Å²) >= 11 is 1.16. The molecule has 0 bridgehead atoms. The minimum absolute atomic E-state index is 0.0516. The third-order valence-electron chi connectivity index (χ3n) is 4.41. The Kier molecular flexibility index (Phi) is 4.39. The number of nitrogens with zero attached hydrogens (tertiary/aromatic N) is 6. The van der Waals surface area contributed by atoms with Crippen LogP contribution >= 0.6 is 11.3 Å². The smallest absolute Gasteiger partial charge is 0.407 e. The van der Waals surface area contributed by atoms with Crippen LogP contribution in [0.25, 0.3) is 15.5 Å². The number of benzene rings is 1. The molecule has 1 amide bonds. The second-order valence-corrected chi connectivity index (χ2v) is 7.07. The van der Waals surface area contributed by atoms with Crippen molar-refractivity contribution < 1.29 is 14.8 Å². The Bertz CT molecular complexity index is 1130. The number of fused-ring (bicyclic) bond motifs is 1. The molecule has 11 nitrogen and oxygen atoms in total. The van der Waals surface area contributed by atoms with E-state index < -0.39 is 16.6 Å². The summed E-state index contributed by atoms with van der Waals surface area (Å²) in [6, 6.07) is 7.45. The average Bonchev–Trinajstić information content (AvgIpc) is 3.11. The number of piperazine rings is 1. The Morgan fingerprint density at radius 2 is 1.96 bits per heavy atom. The summed E-state index contributed by atoms with van der Waals surface area (Å²) in [5, 5.41) is 25.1. The van der Waals surface area contributed by atoms with Gasteiger partial charge in [0, 0.05) is 49.9 Å². The number of aromatic nitrogens is 3. The van der Waals surface area contributed by atoms with E-state index in [1.54, 1.807) is 12.1 Å². The lowest BCUT2D eigenvalue weighted by Crippen LogP contribution is -2.49. The highest BCUT2D eigenvalue weighted by molar-refractivity contribution is 7.19. The average molecular weight is 402 g/mol. The lowest BCUT2D eigenvalue weighted by molar-refractivity contribution is -0.384. The minimum atomic E-state index is -0.974. The lowest BCUT2D eigenvalue weighted by Gasteiger charge is -2.34. The first kappa shape index (κ1) is 17.9. The van der Waals surface area contributed by atoms with Crippen LogP contribution in [0.1, 0.15) is 0 Å². The normalized spacial score (nSPS) is 14.4. The standard InChI is InChI=1S/C16H14N6O5S/c23-12-9-13(19-4-6-20(7-5-19)16(24)25)21-15(17-12)28-14(18-21)10-2-1-3-11(8-10)22(26)27/h1-3,8-9H,4-7H2,(H,24,25). The number of non-ortho nitro benzene ring substituents is 1. The molecule has 1 fully saturated rings. The van der Waals surface area contributed by atoms with Gasteiger partial charge in [-0.2, -0.15) is 14.6 Å². The van der Waals surface area contributed by atoms with Crippen LogP contribution in [0.4, 0.5) is 16.3 Å². The number of anilines is 1. The van der Waals surface area contributed by atoms with Crippen LogP contribution in [0.2, 0.25) is 0 Å². The van der Waals surface area contributed by atoms with E-state index in [-0.39, 0.29) is 5.69 Å². The maximum atomic E-state index is 12.0. The molecule has 1 aliphatic heterocycles. The zero-order valence-electron chi connectivity index (χ0n) is 14.4. The van der Waals surface area contributed by atoms with E-state index in [0.717, 1.165) is 11.3 Å². The molecule has 1 saturated heterocycles. The number of rotatable bonds is 3. The van der Waals surface area contributed by atoms with E-state index in [2.05, 4.69) is 10.1 Å². The third-order valence-corrected chi connectivity index (χ3v) is 5.37.